The molecule has 1 aliphatic rings. The van der Waals surface area contributed by atoms with Crippen LogP contribution in [0, 0.1) is 5.92 Å². The molecule has 0 aromatic carbocycles. The van der Waals surface area contributed by atoms with E-state index in [0.29, 0.717) is 12.0 Å². The lowest BCUT2D eigenvalue weighted by molar-refractivity contribution is -0.00249. The lowest BCUT2D eigenvalue weighted by Crippen LogP contribution is -2.23. The van der Waals surface area contributed by atoms with Gasteiger partial charge in [0.1, 0.15) is 0 Å². The second-order valence-corrected chi connectivity index (χ2v) is 5.42. The van der Waals surface area contributed by atoms with Gasteiger partial charge in [-0.25, -0.2) is 4.68 Å². The number of nitrogens with zero attached hydrogens (tertiary/aromatic N) is 3. The third kappa shape index (κ3) is 4.38. The summed E-state index contributed by atoms with van der Waals surface area (Å²) in [5.41, 5.74) is 0.999. The fourth-order valence-corrected chi connectivity index (χ4v) is 1.87. The third-order valence-electron chi connectivity index (χ3n) is 3.17. The summed E-state index contributed by atoms with van der Waals surface area (Å²) in [7, 11) is 0. The Kier molecular flexibility index (Phi) is 5.13. The van der Waals surface area contributed by atoms with E-state index < -0.39 is 0 Å². The van der Waals surface area contributed by atoms with E-state index in [1.807, 2.05) is 10.9 Å². The molecule has 102 valence electrons. The zero-order chi connectivity index (χ0) is 12.8. The molecule has 0 spiro atoms. The molecule has 1 aromatic heterocycles. The average Bonchev–Trinajstić information content (AvgIpc) is 2.69. The van der Waals surface area contributed by atoms with Crippen LogP contribution in [0.3, 0.4) is 0 Å². The van der Waals surface area contributed by atoms with Gasteiger partial charge in [-0.05, 0) is 31.7 Å². The van der Waals surface area contributed by atoms with Gasteiger partial charge >= 0.3 is 0 Å². The zero-order valence-electron chi connectivity index (χ0n) is 11.4. The van der Waals surface area contributed by atoms with Gasteiger partial charge in [0.15, 0.2) is 0 Å². The minimum atomic E-state index is 0.501. The van der Waals surface area contributed by atoms with Crippen molar-refractivity contribution in [2.45, 2.75) is 52.3 Å². The van der Waals surface area contributed by atoms with Gasteiger partial charge in [0, 0.05) is 12.7 Å². The number of nitrogens with one attached hydrogen (secondary N) is 1. The summed E-state index contributed by atoms with van der Waals surface area (Å²) in [6, 6.07) is 0. The van der Waals surface area contributed by atoms with Crippen LogP contribution >= 0.6 is 0 Å². The molecule has 1 heterocycles. The number of aromatic nitrogens is 3. The summed E-state index contributed by atoms with van der Waals surface area (Å²) in [6.45, 7) is 7.74. The van der Waals surface area contributed by atoms with Gasteiger partial charge in [-0.1, -0.05) is 19.1 Å². The summed E-state index contributed by atoms with van der Waals surface area (Å²) in [5.74, 6) is 0.663. The monoisotopic (exact) mass is 252 g/mol. The molecule has 0 saturated heterocycles. The standard InChI is InChI=1S/C13H24N4O/c1-11(2)8-14-9-12-10-17(16-15-12)6-7-18-13-4-3-5-13/h10-11,13-14H,3-9H2,1-2H3. The Bertz CT molecular complexity index is 347. The highest BCUT2D eigenvalue weighted by Crippen LogP contribution is 2.21. The molecule has 0 unspecified atom stereocenters. The SMILES string of the molecule is CC(C)CNCc1cn(CCOC2CCC2)nn1. The minimum absolute atomic E-state index is 0.501. The first-order valence-corrected chi connectivity index (χ1v) is 6.95. The predicted octanol–water partition coefficient (Wildman–Crippen LogP) is 1.59. The number of hydrogen-bond acceptors (Lipinski definition) is 4. The predicted molar refractivity (Wildman–Crippen MR) is 70.2 cm³/mol. The number of hydrogen-bond donors (Lipinski definition) is 1. The van der Waals surface area contributed by atoms with Crippen molar-refractivity contribution in [2.24, 2.45) is 5.92 Å². The fraction of sp³-hybridized carbons (Fsp3) is 0.846. The van der Waals surface area contributed by atoms with Crippen LogP contribution in [0.4, 0.5) is 0 Å². The summed E-state index contributed by atoms with van der Waals surface area (Å²) in [4.78, 5) is 0. The van der Waals surface area contributed by atoms with Gasteiger partial charge in [0.25, 0.3) is 0 Å². The van der Waals surface area contributed by atoms with Crippen molar-refractivity contribution in [2.75, 3.05) is 13.2 Å². The molecule has 1 aromatic rings. The van der Waals surface area contributed by atoms with E-state index >= 15 is 0 Å². The summed E-state index contributed by atoms with van der Waals surface area (Å²) >= 11 is 0. The van der Waals surface area contributed by atoms with Gasteiger partial charge in [-0.15, -0.1) is 5.10 Å². The van der Waals surface area contributed by atoms with Gasteiger partial charge in [-0.2, -0.15) is 0 Å². The second-order valence-electron chi connectivity index (χ2n) is 5.42. The molecule has 1 saturated carbocycles. The van der Waals surface area contributed by atoms with Crippen LogP contribution in [0.15, 0.2) is 6.20 Å². The molecule has 1 aliphatic carbocycles. The molecule has 1 fully saturated rings. The lowest BCUT2D eigenvalue weighted by atomic mass is 9.96. The number of rotatable bonds is 8. The molecule has 0 bridgehead atoms. The molecule has 0 aliphatic heterocycles. The van der Waals surface area contributed by atoms with Crippen molar-refractivity contribution in [1.82, 2.24) is 20.3 Å². The van der Waals surface area contributed by atoms with Gasteiger partial charge in [0.05, 0.1) is 24.9 Å². The first-order chi connectivity index (χ1) is 8.74. The maximum Gasteiger partial charge on any atom is 0.0964 e. The molecule has 0 radical (unpaired) electrons. The second kappa shape index (κ2) is 6.85. The van der Waals surface area contributed by atoms with E-state index in [9.17, 15) is 0 Å². The van der Waals surface area contributed by atoms with Gasteiger partial charge in [-0.3, -0.25) is 0 Å². The van der Waals surface area contributed by atoms with E-state index in [-0.39, 0.29) is 0 Å². The van der Waals surface area contributed by atoms with E-state index in [0.717, 1.165) is 31.9 Å². The van der Waals surface area contributed by atoms with Crippen LogP contribution in [0.2, 0.25) is 0 Å². The normalized spacial score (nSPS) is 16.2. The molecule has 2 rings (SSSR count). The minimum Gasteiger partial charge on any atom is -0.376 e. The Morgan fingerprint density at radius 3 is 3.00 bits per heavy atom. The molecular formula is C13H24N4O. The molecule has 5 nitrogen and oxygen atoms in total. The molecule has 5 heteroatoms. The number of ether oxygens (including phenoxy) is 1. The molecular weight excluding hydrogens is 228 g/mol. The summed E-state index contributed by atoms with van der Waals surface area (Å²) < 4.78 is 7.57. The van der Waals surface area contributed by atoms with Crippen molar-refractivity contribution in [3.8, 4) is 0 Å². The maximum absolute atomic E-state index is 5.70. The summed E-state index contributed by atoms with van der Waals surface area (Å²) in [5, 5.41) is 11.6. The van der Waals surface area contributed by atoms with Crippen molar-refractivity contribution >= 4 is 0 Å². The first kappa shape index (κ1) is 13.5. The van der Waals surface area contributed by atoms with Crippen LogP contribution in [0.1, 0.15) is 38.8 Å². The van der Waals surface area contributed by atoms with Crippen LogP contribution in [-0.4, -0.2) is 34.2 Å². The Hall–Kier alpha value is -0.940. The largest absolute Gasteiger partial charge is 0.376 e. The highest BCUT2D eigenvalue weighted by Gasteiger charge is 2.17. The highest BCUT2D eigenvalue weighted by molar-refractivity contribution is 4.91. The Balaban J connectivity index is 1.62. The maximum atomic E-state index is 5.70. The fourth-order valence-electron chi connectivity index (χ4n) is 1.87. The van der Waals surface area contributed by atoms with E-state index in [1.54, 1.807) is 0 Å². The van der Waals surface area contributed by atoms with Crippen LogP contribution in [-0.2, 0) is 17.8 Å². The van der Waals surface area contributed by atoms with Crippen molar-refractivity contribution in [3.05, 3.63) is 11.9 Å². The Labute approximate surface area is 109 Å². The van der Waals surface area contributed by atoms with E-state index in [4.69, 9.17) is 4.74 Å². The van der Waals surface area contributed by atoms with Crippen molar-refractivity contribution in [3.63, 3.8) is 0 Å². The van der Waals surface area contributed by atoms with Crippen molar-refractivity contribution in [1.29, 1.82) is 0 Å². The van der Waals surface area contributed by atoms with Crippen molar-refractivity contribution < 1.29 is 4.74 Å². The molecule has 18 heavy (non-hydrogen) atoms. The first-order valence-electron chi connectivity index (χ1n) is 6.95. The van der Waals surface area contributed by atoms with Gasteiger partial charge < -0.3 is 10.1 Å². The Morgan fingerprint density at radius 2 is 2.33 bits per heavy atom. The van der Waals surface area contributed by atoms with Gasteiger partial charge in [0.2, 0.25) is 0 Å². The zero-order valence-corrected chi connectivity index (χ0v) is 11.4. The summed E-state index contributed by atoms with van der Waals surface area (Å²) in [6.07, 6.45) is 6.27. The van der Waals surface area contributed by atoms with Crippen LogP contribution in [0.25, 0.3) is 0 Å². The molecule has 0 atom stereocenters. The topological polar surface area (TPSA) is 52.0 Å². The van der Waals surface area contributed by atoms with Crippen LogP contribution < -0.4 is 5.32 Å². The quantitative estimate of drug-likeness (QED) is 0.763. The van der Waals surface area contributed by atoms with E-state index in [2.05, 4.69) is 29.5 Å². The Morgan fingerprint density at radius 1 is 1.50 bits per heavy atom. The third-order valence-corrected chi connectivity index (χ3v) is 3.17. The molecule has 1 N–H and O–H groups in total. The smallest absolute Gasteiger partial charge is 0.0964 e. The average molecular weight is 252 g/mol. The highest BCUT2D eigenvalue weighted by atomic mass is 16.5. The van der Waals surface area contributed by atoms with Crippen LogP contribution in [0.5, 0.6) is 0 Å². The molecule has 0 amide bonds. The van der Waals surface area contributed by atoms with E-state index in [1.165, 1.54) is 19.3 Å². The lowest BCUT2D eigenvalue weighted by Gasteiger charge is -2.25.